The summed E-state index contributed by atoms with van der Waals surface area (Å²) in [5.74, 6) is 0. The third-order valence-electron chi connectivity index (χ3n) is 2.63. The molecule has 5 heteroatoms. The second kappa shape index (κ2) is 4.99. The summed E-state index contributed by atoms with van der Waals surface area (Å²) in [6.45, 7) is -0.304. The Labute approximate surface area is 98.9 Å². The number of anilines is 2. The van der Waals surface area contributed by atoms with E-state index in [4.69, 9.17) is 15.9 Å². The van der Waals surface area contributed by atoms with Crippen molar-refractivity contribution in [2.45, 2.75) is 6.04 Å². The average molecular weight is 233 g/mol. The van der Waals surface area contributed by atoms with E-state index < -0.39 is 6.04 Å². The highest BCUT2D eigenvalue weighted by Crippen LogP contribution is 2.27. The molecule has 2 rings (SSSR count). The number of hydrogen-bond donors (Lipinski definition) is 4. The second-order valence-electron chi connectivity index (χ2n) is 3.80. The van der Waals surface area contributed by atoms with E-state index in [0.29, 0.717) is 11.4 Å². The molecule has 5 N–H and O–H groups in total. The maximum atomic E-state index is 9.02. The molecule has 2 aromatic rings. The lowest BCUT2D eigenvalue weighted by atomic mass is 10.1. The molecule has 0 fully saturated rings. The standard InChI is InChI=1S/C12H15N3O2/c13-12-9-2-1-5-14-10(9)3-4-11(12)15-8(6-16)7-17/h1-5,8,15-17H,6-7,13H2. The van der Waals surface area contributed by atoms with Crippen molar-refractivity contribution in [2.75, 3.05) is 24.3 Å². The van der Waals surface area contributed by atoms with E-state index in [1.807, 2.05) is 18.2 Å². The number of aliphatic hydroxyl groups excluding tert-OH is 2. The smallest absolute Gasteiger partial charge is 0.0724 e. The van der Waals surface area contributed by atoms with Crippen molar-refractivity contribution in [1.29, 1.82) is 0 Å². The van der Waals surface area contributed by atoms with Crippen LogP contribution in [0, 0.1) is 0 Å². The van der Waals surface area contributed by atoms with Crippen LogP contribution >= 0.6 is 0 Å². The van der Waals surface area contributed by atoms with E-state index in [0.717, 1.165) is 10.9 Å². The zero-order chi connectivity index (χ0) is 12.3. The van der Waals surface area contributed by atoms with Crippen LogP contribution in [0.3, 0.4) is 0 Å². The minimum absolute atomic E-state index is 0.152. The normalized spacial score (nSPS) is 11.0. The zero-order valence-electron chi connectivity index (χ0n) is 9.30. The van der Waals surface area contributed by atoms with E-state index in [2.05, 4.69) is 10.3 Å². The molecule has 0 unspecified atom stereocenters. The van der Waals surface area contributed by atoms with Crippen molar-refractivity contribution in [1.82, 2.24) is 4.98 Å². The summed E-state index contributed by atoms with van der Waals surface area (Å²) in [4.78, 5) is 4.20. The van der Waals surface area contributed by atoms with Gasteiger partial charge in [-0.15, -0.1) is 0 Å². The molecule has 0 atom stereocenters. The number of rotatable bonds is 4. The van der Waals surface area contributed by atoms with Crippen molar-refractivity contribution in [3.8, 4) is 0 Å². The lowest BCUT2D eigenvalue weighted by molar-refractivity contribution is 0.204. The molecule has 0 aliphatic rings. The number of pyridine rings is 1. The fourth-order valence-corrected chi connectivity index (χ4v) is 1.67. The van der Waals surface area contributed by atoms with Crippen LogP contribution in [0.1, 0.15) is 0 Å². The first kappa shape index (κ1) is 11.6. The van der Waals surface area contributed by atoms with Gasteiger partial charge in [0, 0.05) is 11.6 Å². The number of nitrogen functional groups attached to an aromatic ring is 1. The molecule has 1 aromatic carbocycles. The van der Waals surface area contributed by atoms with Gasteiger partial charge in [0.25, 0.3) is 0 Å². The van der Waals surface area contributed by atoms with Crippen molar-refractivity contribution in [2.24, 2.45) is 0 Å². The number of aromatic nitrogens is 1. The molecule has 1 heterocycles. The average Bonchev–Trinajstić information content (AvgIpc) is 2.38. The van der Waals surface area contributed by atoms with Gasteiger partial charge < -0.3 is 21.3 Å². The molecular formula is C12H15N3O2. The zero-order valence-corrected chi connectivity index (χ0v) is 9.30. The van der Waals surface area contributed by atoms with Crippen LogP contribution in [0.25, 0.3) is 10.9 Å². The third kappa shape index (κ3) is 2.30. The van der Waals surface area contributed by atoms with Crippen LogP contribution in [0.5, 0.6) is 0 Å². The van der Waals surface area contributed by atoms with Crippen LogP contribution in [0.15, 0.2) is 30.5 Å². The van der Waals surface area contributed by atoms with Crippen molar-refractivity contribution in [3.05, 3.63) is 30.5 Å². The molecule has 17 heavy (non-hydrogen) atoms. The Hall–Kier alpha value is -1.85. The molecule has 90 valence electrons. The predicted octanol–water partition coefficient (Wildman–Crippen LogP) is 0.582. The fourth-order valence-electron chi connectivity index (χ4n) is 1.67. The van der Waals surface area contributed by atoms with E-state index in [9.17, 15) is 0 Å². The summed E-state index contributed by atoms with van der Waals surface area (Å²) in [5, 5.41) is 21.9. The highest BCUT2D eigenvalue weighted by Gasteiger charge is 2.09. The lowest BCUT2D eigenvalue weighted by Crippen LogP contribution is -2.28. The molecule has 0 saturated carbocycles. The van der Waals surface area contributed by atoms with E-state index in [1.54, 1.807) is 12.3 Å². The quantitative estimate of drug-likeness (QED) is 0.580. The monoisotopic (exact) mass is 233 g/mol. The summed E-state index contributed by atoms with van der Waals surface area (Å²) < 4.78 is 0. The topological polar surface area (TPSA) is 91.4 Å². The fraction of sp³-hybridized carbons (Fsp3) is 0.250. The van der Waals surface area contributed by atoms with E-state index in [-0.39, 0.29) is 13.2 Å². The number of nitrogens with one attached hydrogen (secondary N) is 1. The molecule has 0 amide bonds. The van der Waals surface area contributed by atoms with Gasteiger partial charge in [-0.1, -0.05) is 0 Å². The third-order valence-corrected chi connectivity index (χ3v) is 2.63. The molecule has 0 spiro atoms. The Morgan fingerprint density at radius 1 is 1.24 bits per heavy atom. The highest BCUT2D eigenvalue weighted by molar-refractivity contribution is 5.96. The minimum atomic E-state index is -0.411. The van der Waals surface area contributed by atoms with E-state index >= 15 is 0 Å². The predicted molar refractivity (Wildman–Crippen MR) is 67.7 cm³/mol. The van der Waals surface area contributed by atoms with Crippen LogP contribution in [-0.2, 0) is 0 Å². The maximum absolute atomic E-state index is 9.02. The molecule has 1 aromatic heterocycles. The Morgan fingerprint density at radius 3 is 2.71 bits per heavy atom. The molecule has 0 aliphatic heterocycles. The first-order valence-electron chi connectivity index (χ1n) is 5.37. The van der Waals surface area contributed by atoms with Crippen molar-refractivity contribution >= 4 is 22.3 Å². The summed E-state index contributed by atoms with van der Waals surface area (Å²) in [5.41, 5.74) is 8.10. The second-order valence-corrected chi connectivity index (χ2v) is 3.80. The Morgan fingerprint density at radius 2 is 2.00 bits per heavy atom. The summed E-state index contributed by atoms with van der Waals surface area (Å²) in [6, 6.07) is 6.93. The van der Waals surface area contributed by atoms with Gasteiger partial charge >= 0.3 is 0 Å². The van der Waals surface area contributed by atoms with Crippen molar-refractivity contribution in [3.63, 3.8) is 0 Å². The van der Waals surface area contributed by atoms with Gasteiger partial charge in [0.15, 0.2) is 0 Å². The van der Waals surface area contributed by atoms with Gasteiger partial charge in [0.1, 0.15) is 0 Å². The van der Waals surface area contributed by atoms with E-state index in [1.165, 1.54) is 0 Å². The number of benzene rings is 1. The number of aliphatic hydroxyl groups is 2. The number of nitrogens with two attached hydrogens (primary N) is 1. The van der Waals surface area contributed by atoms with Gasteiger partial charge in [0.2, 0.25) is 0 Å². The molecule has 0 aliphatic carbocycles. The summed E-state index contributed by atoms with van der Waals surface area (Å²) >= 11 is 0. The van der Waals surface area contributed by atoms with Gasteiger partial charge in [0.05, 0.1) is 36.1 Å². The minimum Gasteiger partial charge on any atom is -0.397 e. The van der Waals surface area contributed by atoms with Gasteiger partial charge in [-0.25, -0.2) is 0 Å². The number of nitrogens with zero attached hydrogens (tertiary/aromatic N) is 1. The molecule has 0 saturated heterocycles. The van der Waals surface area contributed by atoms with Gasteiger partial charge in [-0.2, -0.15) is 0 Å². The Kier molecular flexibility index (Phi) is 3.41. The molecule has 5 nitrogen and oxygen atoms in total. The summed E-state index contributed by atoms with van der Waals surface area (Å²) in [7, 11) is 0. The summed E-state index contributed by atoms with van der Waals surface area (Å²) in [6.07, 6.45) is 1.71. The SMILES string of the molecule is Nc1c(NC(CO)CO)ccc2ncccc12. The van der Waals surface area contributed by atoms with Crippen LogP contribution in [0.4, 0.5) is 11.4 Å². The first-order chi connectivity index (χ1) is 8.26. The van der Waals surface area contributed by atoms with Gasteiger partial charge in [-0.3, -0.25) is 4.98 Å². The highest BCUT2D eigenvalue weighted by atomic mass is 16.3. The largest absolute Gasteiger partial charge is 0.397 e. The van der Waals surface area contributed by atoms with Crippen LogP contribution in [0.2, 0.25) is 0 Å². The molecular weight excluding hydrogens is 218 g/mol. The number of fused-ring (bicyclic) bond motifs is 1. The van der Waals surface area contributed by atoms with Crippen LogP contribution < -0.4 is 11.1 Å². The van der Waals surface area contributed by atoms with Crippen molar-refractivity contribution < 1.29 is 10.2 Å². The molecule has 0 bridgehead atoms. The lowest BCUT2D eigenvalue weighted by Gasteiger charge is -2.17. The first-order valence-corrected chi connectivity index (χ1v) is 5.37. The number of hydrogen-bond acceptors (Lipinski definition) is 5. The van der Waals surface area contributed by atoms with Gasteiger partial charge in [-0.05, 0) is 24.3 Å². The molecule has 0 radical (unpaired) electrons. The Bertz CT molecular complexity index is 512. The maximum Gasteiger partial charge on any atom is 0.0724 e. The Balaban J connectivity index is 2.38. The van der Waals surface area contributed by atoms with Crippen LogP contribution in [-0.4, -0.2) is 34.5 Å².